The zero-order valence-electron chi connectivity index (χ0n) is 10.7. The number of rotatable bonds is 6. The number of aryl methyl sites for hydroxylation is 1. The number of imidazole rings is 1. The van der Waals surface area contributed by atoms with Crippen molar-refractivity contribution in [3.8, 4) is 0 Å². The van der Waals surface area contributed by atoms with Crippen LogP contribution in [0.2, 0.25) is 0 Å². The molecule has 0 aliphatic carbocycles. The molecule has 1 heterocycles. The largest absolute Gasteiger partial charge is 0.373 e. The summed E-state index contributed by atoms with van der Waals surface area (Å²) in [5, 5.41) is 0. The van der Waals surface area contributed by atoms with Crippen LogP contribution in [0.5, 0.6) is 0 Å². The number of nitrogens with two attached hydrogens (primary N) is 1. The van der Waals surface area contributed by atoms with E-state index in [1.807, 2.05) is 24.7 Å². The summed E-state index contributed by atoms with van der Waals surface area (Å²) in [5.41, 5.74) is 6.02. The molecule has 1 atom stereocenters. The van der Waals surface area contributed by atoms with Gasteiger partial charge in [0.25, 0.3) is 0 Å². The monoisotopic (exact) mass is 225 g/mol. The Bertz CT molecular complexity index is 318. The van der Waals surface area contributed by atoms with Gasteiger partial charge in [-0.15, -0.1) is 0 Å². The molecular weight excluding hydrogens is 202 g/mol. The lowest BCUT2D eigenvalue weighted by molar-refractivity contribution is -0.0667. The Kier molecular flexibility index (Phi) is 4.50. The van der Waals surface area contributed by atoms with E-state index >= 15 is 0 Å². The molecule has 2 N–H and O–H groups in total. The average Bonchev–Trinajstić information content (AvgIpc) is 2.71. The normalized spacial score (nSPS) is 14.1. The lowest BCUT2D eigenvalue weighted by Gasteiger charge is -2.36. The third kappa shape index (κ3) is 2.28. The summed E-state index contributed by atoms with van der Waals surface area (Å²) in [6.07, 6.45) is 5.48. The van der Waals surface area contributed by atoms with E-state index in [1.54, 1.807) is 6.20 Å². The highest BCUT2D eigenvalue weighted by molar-refractivity contribution is 5.06. The number of nitrogens with zero attached hydrogens (tertiary/aromatic N) is 2. The quantitative estimate of drug-likeness (QED) is 0.805. The van der Waals surface area contributed by atoms with E-state index in [9.17, 15) is 0 Å². The SMILES string of the molecule is CCOC(CC)(CC)C(N)c1nccn1C. The second kappa shape index (κ2) is 5.46. The van der Waals surface area contributed by atoms with Crippen LogP contribution < -0.4 is 5.73 Å². The Morgan fingerprint density at radius 1 is 1.44 bits per heavy atom. The molecule has 92 valence electrons. The van der Waals surface area contributed by atoms with Gasteiger partial charge in [-0.1, -0.05) is 13.8 Å². The Balaban J connectivity index is 2.99. The van der Waals surface area contributed by atoms with E-state index in [0.29, 0.717) is 6.61 Å². The van der Waals surface area contributed by atoms with Crippen molar-refractivity contribution >= 4 is 0 Å². The van der Waals surface area contributed by atoms with Gasteiger partial charge in [0.2, 0.25) is 0 Å². The average molecular weight is 225 g/mol. The molecule has 0 spiro atoms. The first-order chi connectivity index (χ1) is 7.61. The molecule has 1 aromatic rings. The molecule has 0 bridgehead atoms. The highest BCUT2D eigenvalue weighted by atomic mass is 16.5. The zero-order chi connectivity index (χ0) is 12.2. The maximum Gasteiger partial charge on any atom is 0.128 e. The van der Waals surface area contributed by atoms with Crippen LogP contribution in [-0.2, 0) is 11.8 Å². The fourth-order valence-corrected chi connectivity index (χ4v) is 2.18. The minimum atomic E-state index is -0.298. The van der Waals surface area contributed by atoms with Crippen LogP contribution in [0.15, 0.2) is 12.4 Å². The van der Waals surface area contributed by atoms with Gasteiger partial charge in [-0.05, 0) is 19.8 Å². The number of aromatic nitrogens is 2. The highest BCUT2D eigenvalue weighted by Crippen LogP contribution is 2.32. The van der Waals surface area contributed by atoms with Crippen molar-refractivity contribution in [1.29, 1.82) is 0 Å². The summed E-state index contributed by atoms with van der Waals surface area (Å²) in [6.45, 7) is 6.91. The maximum atomic E-state index is 6.32. The van der Waals surface area contributed by atoms with E-state index in [-0.39, 0.29) is 11.6 Å². The van der Waals surface area contributed by atoms with Crippen molar-refractivity contribution in [2.45, 2.75) is 45.3 Å². The molecule has 16 heavy (non-hydrogen) atoms. The summed E-state index contributed by atoms with van der Waals surface area (Å²) < 4.78 is 7.85. The Morgan fingerprint density at radius 3 is 2.44 bits per heavy atom. The highest BCUT2D eigenvalue weighted by Gasteiger charge is 2.37. The van der Waals surface area contributed by atoms with E-state index < -0.39 is 0 Å². The van der Waals surface area contributed by atoms with E-state index in [1.165, 1.54) is 0 Å². The third-order valence-corrected chi connectivity index (χ3v) is 3.33. The first kappa shape index (κ1) is 13.2. The van der Waals surface area contributed by atoms with E-state index in [2.05, 4.69) is 18.8 Å². The molecule has 0 aliphatic heterocycles. The molecule has 0 aromatic carbocycles. The number of hydrogen-bond donors (Lipinski definition) is 1. The number of hydrogen-bond acceptors (Lipinski definition) is 3. The molecule has 4 nitrogen and oxygen atoms in total. The van der Waals surface area contributed by atoms with Crippen molar-refractivity contribution in [2.75, 3.05) is 6.61 Å². The van der Waals surface area contributed by atoms with Crippen molar-refractivity contribution in [1.82, 2.24) is 9.55 Å². The smallest absolute Gasteiger partial charge is 0.128 e. The van der Waals surface area contributed by atoms with Crippen molar-refractivity contribution in [3.05, 3.63) is 18.2 Å². The van der Waals surface area contributed by atoms with Gasteiger partial charge >= 0.3 is 0 Å². The second-order valence-electron chi connectivity index (χ2n) is 4.08. The molecular formula is C12H23N3O. The predicted molar refractivity (Wildman–Crippen MR) is 65.1 cm³/mol. The van der Waals surface area contributed by atoms with Crippen LogP contribution in [0.1, 0.15) is 45.5 Å². The zero-order valence-corrected chi connectivity index (χ0v) is 10.7. The van der Waals surface area contributed by atoms with Crippen molar-refractivity contribution in [3.63, 3.8) is 0 Å². The standard InChI is InChI=1S/C12H23N3O/c1-5-12(6-2,16-7-3)10(13)11-14-8-9-15(11)4/h8-10H,5-7,13H2,1-4H3. The van der Waals surface area contributed by atoms with Gasteiger partial charge in [0.05, 0.1) is 11.6 Å². The van der Waals surface area contributed by atoms with Gasteiger partial charge in [-0.3, -0.25) is 0 Å². The fraction of sp³-hybridized carbons (Fsp3) is 0.750. The first-order valence-electron chi connectivity index (χ1n) is 5.98. The van der Waals surface area contributed by atoms with Crippen LogP contribution in [0.25, 0.3) is 0 Å². The van der Waals surface area contributed by atoms with Crippen molar-refractivity contribution < 1.29 is 4.74 Å². The van der Waals surface area contributed by atoms with Gasteiger partial charge in [0, 0.05) is 26.0 Å². The molecule has 0 fully saturated rings. The number of ether oxygens (including phenoxy) is 1. The van der Waals surface area contributed by atoms with Crippen LogP contribution in [0.3, 0.4) is 0 Å². The summed E-state index contributed by atoms with van der Waals surface area (Å²) in [7, 11) is 1.96. The Labute approximate surface area is 97.8 Å². The van der Waals surface area contributed by atoms with Crippen molar-refractivity contribution in [2.24, 2.45) is 12.8 Å². The molecule has 0 amide bonds. The summed E-state index contributed by atoms with van der Waals surface area (Å²) >= 11 is 0. The topological polar surface area (TPSA) is 53.1 Å². The molecule has 4 heteroatoms. The predicted octanol–water partition coefficient (Wildman–Crippen LogP) is 2.02. The molecule has 0 radical (unpaired) electrons. The molecule has 0 saturated heterocycles. The van der Waals surface area contributed by atoms with Gasteiger partial charge in [-0.25, -0.2) is 4.98 Å². The van der Waals surface area contributed by atoms with Gasteiger partial charge in [0.15, 0.2) is 0 Å². The van der Waals surface area contributed by atoms with E-state index in [0.717, 1.165) is 18.7 Å². The molecule has 1 aromatic heterocycles. The van der Waals surface area contributed by atoms with Crippen LogP contribution in [0.4, 0.5) is 0 Å². The second-order valence-corrected chi connectivity index (χ2v) is 4.08. The molecule has 1 rings (SSSR count). The minimum absolute atomic E-state index is 0.178. The molecule has 0 aliphatic rings. The van der Waals surface area contributed by atoms with Gasteiger partial charge < -0.3 is 15.0 Å². The Hall–Kier alpha value is -0.870. The lowest BCUT2D eigenvalue weighted by Crippen LogP contribution is -2.44. The van der Waals surface area contributed by atoms with E-state index in [4.69, 9.17) is 10.5 Å². The first-order valence-corrected chi connectivity index (χ1v) is 5.98. The maximum absolute atomic E-state index is 6.32. The summed E-state index contributed by atoms with van der Waals surface area (Å²) in [4.78, 5) is 4.32. The molecule has 1 unspecified atom stereocenters. The van der Waals surface area contributed by atoms with Crippen LogP contribution in [0, 0.1) is 0 Å². The molecule has 0 saturated carbocycles. The summed E-state index contributed by atoms with van der Waals surface area (Å²) in [6, 6.07) is -0.178. The summed E-state index contributed by atoms with van der Waals surface area (Å²) in [5.74, 6) is 0.886. The van der Waals surface area contributed by atoms with Crippen LogP contribution >= 0.6 is 0 Å². The third-order valence-electron chi connectivity index (χ3n) is 3.33. The minimum Gasteiger partial charge on any atom is -0.373 e. The Morgan fingerprint density at radius 2 is 2.06 bits per heavy atom. The van der Waals surface area contributed by atoms with Crippen LogP contribution in [-0.4, -0.2) is 21.8 Å². The van der Waals surface area contributed by atoms with Gasteiger partial charge in [-0.2, -0.15) is 0 Å². The van der Waals surface area contributed by atoms with Gasteiger partial charge in [0.1, 0.15) is 5.82 Å². The lowest BCUT2D eigenvalue weighted by atomic mass is 9.88. The fourth-order valence-electron chi connectivity index (χ4n) is 2.18.